The smallest absolute Gasteiger partial charge is 0.305 e. The maximum Gasteiger partial charge on any atom is 0.305 e. The fourth-order valence-corrected chi connectivity index (χ4v) is 10.1. The Morgan fingerprint density at radius 3 is 1.07 bits per heavy atom. The van der Waals surface area contributed by atoms with Gasteiger partial charge in [0.1, 0.15) is 0 Å². The van der Waals surface area contributed by atoms with Crippen LogP contribution >= 0.6 is 0 Å². The maximum absolute atomic E-state index is 12.5. The first-order valence-corrected chi connectivity index (χ1v) is 32.1. The third-order valence-corrected chi connectivity index (χ3v) is 15.0. The molecule has 0 aromatic heterocycles. The number of carbonyl (C=O) groups is 2. The molecule has 71 heavy (non-hydrogen) atoms. The number of hydrogen-bond acceptors (Lipinski definition) is 5. The third kappa shape index (κ3) is 57.5. The highest BCUT2D eigenvalue weighted by molar-refractivity contribution is 5.76. The summed E-state index contributed by atoms with van der Waals surface area (Å²) in [5.74, 6) is -0.0221. The summed E-state index contributed by atoms with van der Waals surface area (Å²) in [6.07, 6.45) is 74.9. The van der Waals surface area contributed by atoms with Crippen LogP contribution in [0.4, 0.5) is 0 Å². The molecule has 6 heteroatoms. The number of aliphatic hydroxyl groups excluding tert-OH is 2. The average molecular weight is 1000 g/mol. The molecule has 3 N–H and O–H groups in total. The first-order valence-electron chi connectivity index (χ1n) is 32.1. The second kappa shape index (κ2) is 60.9. The van der Waals surface area contributed by atoms with Crippen LogP contribution < -0.4 is 5.32 Å². The molecule has 6 nitrogen and oxygen atoms in total. The van der Waals surface area contributed by atoms with E-state index in [1.54, 1.807) is 0 Å². The van der Waals surface area contributed by atoms with E-state index >= 15 is 0 Å². The number of nitrogens with one attached hydrogen (secondary N) is 1. The Labute approximate surface area is 443 Å². The van der Waals surface area contributed by atoms with E-state index in [0.717, 1.165) is 44.9 Å². The molecule has 1 amide bonds. The van der Waals surface area contributed by atoms with E-state index in [-0.39, 0.29) is 18.5 Å². The molecule has 2 unspecified atom stereocenters. The number of ether oxygens (including phenoxy) is 1. The van der Waals surface area contributed by atoms with Gasteiger partial charge in [0.15, 0.2) is 0 Å². The standard InChI is InChI=1S/C65H125NO5/c1-3-5-7-9-11-13-15-16-34-38-41-45-49-53-57-63(68)62(61-67)66-64(69)58-54-50-46-42-39-35-32-30-28-26-24-22-20-18-17-19-21-23-25-27-29-31-33-36-40-44-48-52-56-60-71-65(70)59-55-51-47-43-37-14-12-10-8-6-4-2/h17,19,23,25,62-63,67-68H,3-16,18,20-22,24,26-61H2,1-2H3,(H,66,69)/b19-17-,25-23-. The van der Waals surface area contributed by atoms with Crippen molar-refractivity contribution in [1.82, 2.24) is 5.32 Å². The summed E-state index contributed by atoms with van der Waals surface area (Å²) in [5, 5.41) is 23.3. The van der Waals surface area contributed by atoms with Crippen LogP contribution in [0.15, 0.2) is 24.3 Å². The van der Waals surface area contributed by atoms with Crippen LogP contribution in [0.1, 0.15) is 354 Å². The largest absolute Gasteiger partial charge is 0.466 e. The van der Waals surface area contributed by atoms with Gasteiger partial charge in [0, 0.05) is 12.8 Å². The van der Waals surface area contributed by atoms with Gasteiger partial charge < -0.3 is 20.3 Å². The molecular formula is C65H125NO5. The Hall–Kier alpha value is -1.66. The van der Waals surface area contributed by atoms with E-state index in [4.69, 9.17) is 4.74 Å². The van der Waals surface area contributed by atoms with Crippen molar-refractivity contribution in [3.05, 3.63) is 24.3 Å². The fraction of sp³-hybridized carbons (Fsp3) is 0.908. The van der Waals surface area contributed by atoms with Gasteiger partial charge >= 0.3 is 5.97 Å². The number of unbranched alkanes of at least 4 members (excludes halogenated alkanes) is 45. The van der Waals surface area contributed by atoms with E-state index in [0.29, 0.717) is 25.9 Å². The summed E-state index contributed by atoms with van der Waals surface area (Å²) < 4.78 is 5.46. The van der Waals surface area contributed by atoms with Crippen molar-refractivity contribution in [3.8, 4) is 0 Å². The van der Waals surface area contributed by atoms with E-state index in [1.165, 1.54) is 276 Å². The fourth-order valence-electron chi connectivity index (χ4n) is 10.1. The van der Waals surface area contributed by atoms with Gasteiger partial charge in [-0.05, 0) is 57.8 Å². The van der Waals surface area contributed by atoms with Crippen LogP contribution in [-0.4, -0.2) is 47.4 Å². The van der Waals surface area contributed by atoms with Crippen molar-refractivity contribution in [2.75, 3.05) is 13.2 Å². The van der Waals surface area contributed by atoms with E-state index in [9.17, 15) is 19.8 Å². The lowest BCUT2D eigenvalue weighted by molar-refractivity contribution is -0.143. The quantitative estimate of drug-likeness (QED) is 0.0320. The maximum atomic E-state index is 12.5. The van der Waals surface area contributed by atoms with Crippen molar-refractivity contribution < 1.29 is 24.5 Å². The minimum atomic E-state index is -0.664. The second-order valence-electron chi connectivity index (χ2n) is 22.1. The number of esters is 1. The van der Waals surface area contributed by atoms with Gasteiger partial charge in [-0.2, -0.15) is 0 Å². The average Bonchev–Trinajstić information content (AvgIpc) is 3.37. The third-order valence-electron chi connectivity index (χ3n) is 15.0. The molecule has 0 aromatic rings. The van der Waals surface area contributed by atoms with Crippen molar-refractivity contribution in [1.29, 1.82) is 0 Å². The van der Waals surface area contributed by atoms with Crippen LogP contribution in [0.3, 0.4) is 0 Å². The Bertz CT molecular complexity index is 1110. The molecule has 0 aliphatic heterocycles. The van der Waals surface area contributed by atoms with Gasteiger partial charge in [-0.15, -0.1) is 0 Å². The summed E-state index contributed by atoms with van der Waals surface area (Å²) in [7, 11) is 0. The Kier molecular flexibility index (Phi) is 59.5. The molecule has 0 saturated carbocycles. The van der Waals surface area contributed by atoms with E-state index < -0.39 is 12.1 Å². The van der Waals surface area contributed by atoms with Crippen LogP contribution in [0.2, 0.25) is 0 Å². The Balaban J connectivity index is 3.40. The van der Waals surface area contributed by atoms with Crippen LogP contribution in [0.5, 0.6) is 0 Å². The molecule has 0 heterocycles. The molecule has 0 rings (SSSR count). The molecule has 0 spiro atoms. The number of carbonyl (C=O) groups excluding carboxylic acids is 2. The van der Waals surface area contributed by atoms with Crippen molar-refractivity contribution >= 4 is 11.9 Å². The molecule has 0 saturated heterocycles. The monoisotopic (exact) mass is 1000 g/mol. The molecule has 0 bridgehead atoms. The van der Waals surface area contributed by atoms with Gasteiger partial charge in [-0.3, -0.25) is 9.59 Å². The lowest BCUT2D eigenvalue weighted by atomic mass is 10.0. The number of aliphatic hydroxyl groups is 2. The van der Waals surface area contributed by atoms with Crippen LogP contribution in [0, 0.1) is 0 Å². The minimum Gasteiger partial charge on any atom is -0.466 e. The van der Waals surface area contributed by atoms with Crippen LogP contribution in [-0.2, 0) is 14.3 Å². The molecule has 420 valence electrons. The highest BCUT2D eigenvalue weighted by Gasteiger charge is 2.20. The lowest BCUT2D eigenvalue weighted by Crippen LogP contribution is -2.45. The molecule has 0 aliphatic rings. The topological polar surface area (TPSA) is 95.9 Å². The molecule has 0 fully saturated rings. The Morgan fingerprint density at radius 2 is 0.704 bits per heavy atom. The van der Waals surface area contributed by atoms with Crippen molar-refractivity contribution in [2.45, 2.75) is 366 Å². The highest BCUT2D eigenvalue weighted by atomic mass is 16.5. The number of hydrogen-bond donors (Lipinski definition) is 3. The zero-order valence-corrected chi connectivity index (χ0v) is 48.0. The van der Waals surface area contributed by atoms with E-state index in [2.05, 4.69) is 43.5 Å². The first-order chi connectivity index (χ1) is 35.0. The van der Waals surface area contributed by atoms with Gasteiger partial charge in [0.25, 0.3) is 0 Å². The summed E-state index contributed by atoms with van der Waals surface area (Å²) in [6.45, 7) is 4.96. The zero-order valence-electron chi connectivity index (χ0n) is 48.0. The van der Waals surface area contributed by atoms with Crippen LogP contribution in [0.25, 0.3) is 0 Å². The lowest BCUT2D eigenvalue weighted by Gasteiger charge is -2.22. The van der Waals surface area contributed by atoms with Crippen molar-refractivity contribution in [2.24, 2.45) is 0 Å². The summed E-state index contributed by atoms with van der Waals surface area (Å²) >= 11 is 0. The number of allylic oxidation sites excluding steroid dienone is 4. The minimum absolute atomic E-state index is 0.0120. The normalized spacial score (nSPS) is 12.7. The van der Waals surface area contributed by atoms with Gasteiger partial charge in [-0.25, -0.2) is 0 Å². The number of rotatable bonds is 60. The molecule has 0 radical (unpaired) electrons. The van der Waals surface area contributed by atoms with E-state index in [1.807, 2.05) is 0 Å². The first kappa shape index (κ1) is 69.3. The molecule has 2 atom stereocenters. The molecule has 0 aliphatic carbocycles. The summed E-state index contributed by atoms with van der Waals surface area (Å²) in [5.41, 5.74) is 0. The summed E-state index contributed by atoms with van der Waals surface area (Å²) in [6, 6.07) is -0.541. The van der Waals surface area contributed by atoms with Crippen molar-refractivity contribution in [3.63, 3.8) is 0 Å². The zero-order chi connectivity index (χ0) is 51.4. The highest BCUT2D eigenvalue weighted by Crippen LogP contribution is 2.18. The van der Waals surface area contributed by atoms with Gasteiger partial charge in [-0.1, -0.05) is 308 Å². The Morgan fingerprint density at radius 1 is 0.394 bits per heavy atom. The second-order valence-corrected chi connectivity index (χ2v) is 22.1. The van der Waals surface area contributed by atoms with Gasteiger partial charge in [0.05, 0.1) is 25.4 Å². The molecular weight excluding hydrogens is 875 g/mol. The SMILES string of the molecule is CCCCCCCCCCCCCCCCC(O)C(CO)NC(=O)CCCCCCCCCCCCCCC/C=C\C/C=C\CCCCCCCCCCCOC(=O)CCCCCCCCCCCCC. The number of amides is 1. The molecule has 0 aromatic carbocycles. The predicted octanol–water partition coefficient (Wildman–Crippen LogP) is 20.2. The van der Waals surface area contributed by atoms with Gasteiger partial charge in [0.2, 0.25) is 5.91 Å². The summed E-state index contributed by atoms with van der Waals surface area (Å²) in [4.78, 5) is 24.5. The predicted molar refractivity (Wildman–Crippen MR) is 310 cm³/mol.